The number of hydrogen-bond acceptors (Lipinski definition) is 0. The molecule has 0 heterocycles. The second kappa shape index (κ2) is 8.95. The van der Waals surface area contributed by atoms with E-state index in [1.165, 1.54) is 61.2 Å². The Balaban J connectivity index is 1.61. The van der Waals surface area contributed by atoms with Gasteiger partial charge in [-0.15, -0.1) is 0 Å². The van der Waals surface area contributed by atoms with Gasteiger partial charge in [-0.1, -0.05) is 133 Å². The third-order valence-electron chi connectivity index (χ3n) is 7.77. The molecule has 5 aromatic carbocycles. The predicted octanol–water partition coefficient (Wildman–Crippen LogP) is 8.82. The minimum Gasteiger partial charge on any atom is -0.0619 e. The molecule has 0 unspecified atom stereocenters. The third-order valence-corrected chi connectivity index (χ3v) is 7.77. The van der Waals surface area contributed by atoms with Crippen LogP contribution in [0.15, 0.2) is 115 Å². The highest BCUT2D eigenvalue weighted by atomic mass is 14.5. The fourth-order valence-electron chi connectivity index (χ4n) is 6.37. The van der Waals surface area contributed by atoms with E-state index in [0.717, 1.165) is 12.8 Å². The van der Waals surface area contributed by atoms with Crippen LogP contribution in [0.4, 0.5) is 0 Å². The van der Waals surface area contributed by atoms with Gasteiger partial charge in [0.1, 0.15) is 0 Å². The molecule has 176 valence electrons. The van der Waals surface area contributed by atoms with Crippen molar-refractivity contribution in [1.29, 1.82) is 0 Å². The lowest BCUT2D eigenvalue weighted by atomic mass is 9.67. The quantitative estimate of drug-likeness (QED) is 0.239. The predicted molar refractivity (Wildman–Crippen MR) is 152 cm³/mol. The average molecular weight is 465 g/mol. The highest BCUT2D eigenvalue weighted by Gasteiger charge is 2.45. The lowest BCUT2D eigenvalue weighted by molar-refractivity contribution is 0.764. The number of hydrogen-bond donors (Lipinski definition) is 0. The van der Waals surface area contributed by atoms with Crippen molar-refractivity contribution < 1.29 is 0 Å². The molecule has 0 aliphatic heterocycles. The molecule has 0 amide bonds. The second-order valence-corrected chi connectivity index (χ2v) is 10.3. The molecule has 36 heavy (non-hydrogen) atoms. The monoisotopic (exact) mass is 464 g/mol. The van der Waals surface area contributed by atoms with Crippen LogP contribution in [0, 0.1) is 13.8 Å². The molecule has 0 saturated carbocycles. The van der Waals surface area contributed by atoms with Crippen molar-refractivity contribution >= 4 is 0 Å². The summed E-state index contributed by atoms with van der Waals surface area (Å²) in [6, 6.07) is 43.4. The van der Waals surface area contributed by atoms with Gasteiger partial charge in [-0.05, 0) is 76.8 Å². The zero-order valence-corrected chi connectivity index (χ0v) is 21.4. The molecule has 5 aromatic rings. The minimum absolute atomic E-state index is 0.336. The molecule has 1 aliphatic carbocycles. The van der Waals surface area contributed by atoms with Crippen molar-refractivity contribution in [2.24, 2.45) is 0 Å². The van der Waals surface area contributed by atoms with Gasteiger partial charge in [0.05, 0.1) is 5.41 Å². The number of benzene rings is 5. The van der Waals surface area contributed by atoms with Gasteiger partial charge >= 0.3 is 0 Å². The van der Waals surface area contributed by atoms with Crippen LogP contribution >= 0.6 is 0 Å². The van der Waals surface area contributed by atoms with E-state index in [1.54, 1.807) is 0 Å². The molecule has 0 N–H and O–H groups in total. The highest BCUT2D eigenvalue weighted by molar-refractivity contribution is 5.86. The van der Waals surface area contributed by atoms with E-state index in [4.69, 9.17) is 0 Å². The molecule has 0 nitrogen and oxygen atoms in total. The third kappa shape index (κ3) is 3.60. The Kier molecular flexibility index (Phi) is 5.61. The fraction of sp³-hybridized carbons (Fsp3) is 0.167. The van der Waals surface area contributed by atoms with Crippen LogP contribution in [-0.4, -0.2) is 0 Å². The van der Waals surface area contributed by atoms with Crippen LogP contribution in [0.25, 0.3) is 11.1 Å². The zero-order valence-electron chi connectivity index (χ0n) is 21.4. The zero-order chi connectivity index (χ0) is 24.7. The molecule has 0 spiro atoms. The van der Waals surface area contributed by atoms with Crippen molar-refractivity contribution in [3.63, 3.8) is 0 Å². The molecule has 0 fully saturated rings. The van der Waals surface area contributed by atoms with Crippen molar-refractivity contribution in [3.8, 4) is 11.1 Å². The summed E-state index contributed by atoms with van der Waals surface area (Å²) in [4.78, 5) is 0. The maximum absolute atomic E-state index is 2.45. The van der Waals surface area contributed by atoms with Crippen LogP contribution in [0.2, 0.25) is 0 Å². The summed E-state index contributed by atoms with van der Waals surface area (Å²) in [7, 11) is 0. The summed E-state index contributed by atoms with van der Waals surface area (Å²) in [6.45, 7) is 6.62. The lowest BCUT2D eigenvalue weighted by Gasteiger charge is -2.34. The minimum atomic E-state index is -0.336. The van der Waals surface area contributed by atoms with E-state index in [9.17, 15) is 0 Å². The maximum Gasteiger partial charge on any atom is 0.0713 e. The smallest absolute Gasteiger partial charge is 0.0619 e. The number of aryl methyl sites for hydroxylation is 3. The summed E-state index contributed by atoms with van der Waals surface area (Å²) < 4.78 is 0. The van der Waals surface area contributed by atoms with Crippen molar-refractivity contribution in [1.82, 2.24) is 0 Å². The molecule has 0 atom stereocenters. The van der Waals surface area contributed by atoms with Crippen LogP contribution < -0.4 is 0 Å². The highest BCUT2D eigenvalue weighted by Crippen LogP contribution is 2.56. The standard InChI is InChI=1S/C36H32/c1-4-27-11-9-13-30(23-27)36(34-17-7-5-15-32(34)33-16-6-8-18-35(33)36)31-14-10-12-28(24-31)22-29-20-25(2)19-26(3)21-29/h5-21,23-24H,4,22H2,1-3H3. The Hall–Kier alpha value is -3.90. The van der Waals surface area contributed by atoms with Crippen LogP contribution in [-0.2, 0) is 18.3 Å². The SMILES string of the molecule is CCc1cccc(C2(c3cccc(Cc4cc(C)cc(C)c4)c3)c3ccccc3-c3ccccc32)c1. The van der Waals surface area contributed by atoms with Gasteiger partial charge < -0.3 is 0 Å². The molecule has 0 bridgehead atoms. The largest absolute Gasteiger partial charge is 0.0713 e. The molecule has 6 rings (SSSR count). The van der Waals surface area contributed by atoms with E-state index in [2.05, 4.69) is 136 Å². The Morgan fingerprint density at radius 1 is 0.500 bits per heavy atom. The molecule has 1 aliphatic rings. The van der Waals surface area contributed by atoms with E-state index in [1.807, 2.05) is 0 Å². The Morgan fingerprint density at radius 2 is 1.03 bits per heavy atom. The van der Waals surface area contributed by atoms with Crippen LogP contribution in [0.5, 0.6) is 0 Å². The fourth-order valence-corrected chi connectivity index (χ4v) is 6.37. The topological polar surface area (TPSA) is 0 Å². The van der Waals surface area contributed by atoms with Crippen molar-refractivity contribution in [3.05, 3.63) is 165 Å². The van der Waals surface area contributed by atoms with Crippen LogP contribution in [0.3, 0.4) is 0 Å². The van der Waals surface area contributed by atoms with Crippen molar-refractivity contribution in [2.45, 2.75) is 39.0 Å². The Labute approximate surface area is 215 Å². The van der Waals surface area contributed by atoms with E-state index in [0.29, 0.717) is 0 Å². The molecule has 0 aromatic heterocycles. The van der Waals surface area contributed by atoms with Gasteiger partial charge in [0.15, 0.2) is 0 Å². The molecule has 0 saturated heterocycles. The van der Waals surface area contributed by atoms with Gasteiger partial charge in [0.25, 0.3) is 0 Å². The van der Waals surface area contributed by atoms with Crippen molar-refractivity contribution in [2.75, 3.05) is 0 Å². The second-order valence-electron chi connectivity index (χ2n) is 10.3. The van der Waals surface area contributed by atoms with Gasteiger partial charge in [0.2, 0.25) is 0 Å². The molecule has 0 radical (unpaired) electrons. The maximum atomic E-state index is 2.45. The van der Waals surface area contributed by atoms with Gasteiger partial charge in [-0.25, -0.2) is 0 Å². The first-order chi connectivity index (χ1) is 17.6. The van der Waals surface area contributed by atoms with Crippen LogP contribution in [0.1, 0.15) is 57.0 Å². The number of fused-ring (bicyclic) bond motifs is 3. The Morgan fingerprint density at radius 3 is 1.61 bits per heavy atom. The Bertz CT molecular complexity index is 1500. The average Bonchev–Trinajstić information content (AvgIpc) is 3.20. The first kappa shape index (κ1) is 22.6. The summed E-state index contributed by atoms with van der Waals surface area (Å²) >= 11 is 0. The normalized spacial score (nSPS) is 13.3. The van der Waals surface area contributed by atoms with E-state index < -0.39 is 0 Å². The molecular weight excluding hydrogens is 432 g/mol. The summed E-state index contributed by atoms with van der Waals surface area (Å²) in [5, 5.41) is 0. The molecule has 0 heteroatoms. The first-order valence-corrected chi connectivity index (χ1v) is 13.0. The van der Waals surface area contributed by atoms with Gasteiger partial charge in [-0.2, -0.15) is 0 Å². The summed E-state index contributed by atoms with van der Waals surface area (Å²) in [5.74, 6) is 0. The molecular formula is C36H32. The number of rotatable bonds is 5. The van der Waals surface area contributed by atoms with E-state index in [-0.39, 0.29) is 5.41 Å². The van der Waals surface area contributed by atoms with E-state index >= 15 is 0 Å². The first-order valence-electron chi connectivity index (χ1n) is 13.0. The van der Waals surface area contributed by atoms with Gasteiger partial charge in [-0.3, -0.25) is 0 Å². The van der Waals surface area contributed by atoms with Gasteiger partial charge in [0, 0.05) is 0 Å². The lowest BCUT2D eigenvalue weighted by Crippen LogP contribution is -2.29. The summed E-state index contributed by atoms with van der Waals surface area (Å²) in [6.07, 6.45) is 1.96. The summed E-state index contributed by atoms with van der Waals surface area (Å²) in [5.41, 5.74) is 14.6.